The largest absolute Gasteiger partial charge is 0.355 e. The Kier molecular flexibility index (Phi) is 8.71. The number of nitrogens with zero attached hydrogens (tertiary/aromatic N) is 1. The molecule has 0 radical (unpaired) electrons. The van der Waals surface area contributed by atoms with Crippen LogP contribution in [0.15, 0.2) is 66.7 Å². The molecule has 1 N–H and O–H groups in total. The van der Waals surface area contributed by atoms with Crippen molar-refractivity contribution < 1.29 is 22.0 Å². The Morgan fingerprint density at radius 2 is 1.36 bits per heavy atom. The number of likely N-dealkylation sites (tertiary alicyclic amines) is 1. The van der Waals surface area contributed by atoms with Gasteiger partial charge in [-0.2, -0.15) is 0 Å². The molecule has 5 nitrogen and oxygen atoms in total. The van der Waals surface area contributed by atoms with Crippen molar-refractivity contribution in [1.82, 2.24) is 10.2 Å². The predicted octanol–water partition coefficient (Wildman–Crippen LogP) is 6.22. The highest BCUT2D eigenvalue weighted by molar-refractivity contribution is 7.91. The van der Waals surface area contributed by atoms with Crippen molar-refractivity contribution in [3.05, 3.63) is 105 Å². The molecule has 4 rings (SSSR count). The maximum Gasteiger partial charge on any atom is 0.222 e. The molecule has 0 saturated carbocycles. The van der Waals surface area contributed by atoms with Gasteiger partial charge in [-0.3, -0.25) is 9.69 Å². The summed E-state index contributed by atoms with van der Waals surface area (Å²) in [6.45, 7) is 3.96. The maximum atomic E-state index is 14.3. The Hall–Kier alpha value is -2.52. The van der Waals surface area contributed by atoms with Gasteiger partial charge in [-0.1, -0.05) is 61.3 Å². The van der Waals surface area contributed by atoms with Crippen LogP contribution in [0.25, 0.3) is 0 Å². The van der Waals surface area contributed by atoms with Crippen LogP contribution in [0.2, 0.25) is 10.0 Å². The van der Waals surface area contributed by atoms with E-state index < -0.39 is 32.1 Å². The monoisotopic (exact) mass is 594 g/mol. The Bertz CT molecular complexity index is 1380. The normalized spacial score (nSPS) is 16.2. The molecule has 0 bridgehead atoms. The minimum atomic E-state index is -3.87. The second kappa shape index (κ2) is 11.5. The highest BCUT2D eigenvalue weighted by atomic mass is 35.5. The summed E-state index contributed by atoms with van der Waals surface area (Å²) in [4.78, 5) is 14.6. The molecule has 3 aromatic rings. The van der Waals surface area contributed by atoms with E-state index in [1.807, 2.05) is 24.3 Å². The van der Waals surface area contributed by atoms with E-state index in [4.69, 9.17) is 23.2 Å². The summed E-state index contributed by atoms with van der Waals surface area (Å²) in [7, 11) is -3.87. The van der Waals surface area contributed by atoms with Crippen LogP contribution in [-0.4, -0.2) is 45.1 Å². The third-order valence-corrected chi connectivity index (χ3v) is 9.22. The molecule has 0 spiro atoms. The lowest BCUT2D eigenvalue weighted by atomic mass is 9.72. The second-order valence-corrected chi connectivity index (χ2v) is 13.6. The van der Waals surface area contributed by atoms with Gasteiger partial charge in [0.05, 0.1) is 11.3 Å². The number of hydrogen-bond donors (Lipinski definition) is 1. The molecule has 1 saturated heterocycles. The van der Waals surface area contributed by atoms with E-state index in [0.717, 1.165) is 29.5 Å². The smallest absolute Gasteiger partial charge is 0.222 e. The van der Waals surface area contributed by atoms with E-state index in [0.29, 0.717) is 16.1 Å². The topological polar surface area (TPSA) is 66.5 Å². The molecule has 0 aromatic heterocycles. The minimum absolute atomic E-state index is 0.0166. The van der Waals surface area contributed by atoms with Gasteiger partial charge < -0.3 is 5.32 Å². The zero-order valence-electron chi connectivity index (χ0n) is 21.8. The van der Waals surface area contributed by atoms with Gasteiger partial charge in [-0.05, 0) is 53.1 Å². The third-order valence-electron chi connectivity index (χ3n) is 7.08. The molecule has 10 heteroatoms. The minimum Gasteiger partial charge on any atom is -0.355 e. The Morgan fingerprint density at radius 3 is 1.77 bits per heavy atom. The van der Waals surface area contributed by atoms with E-state index in [1.165, 1.54) is 0 Å². The van der Waals surface area contributed by atoms with Crippen molar-refractivity contribution in [1.29, 1.82) is 0 Å². The Balaban J connectivity index is 1.78. The molecule has 1 aliphatic rings. The van der Waals surface area contributed by atoms with Crippen LogP contribution in [0.1, 0.15) is 41.8 Å². The van der Waals surface area contributed by atoms with Gasteiger partial charge in [0.25, 0.3) is 0 Å². The molecule has 1 aliphatic heterocycles. The zero-order valence-corrected chi connectivity index (χ0v) is 24.1. The van der Waals surface area contributed by atoms with Crippen molar-refractivity contribution in [2.45, 2.75) is 25.1 Å². The van der Waals surface area contributed by atoms with Crippen molar-refractivity contribution >= 4 is 38.9 Å². The van der Waals surface area contributed by atoms with Gasteiger partial charge >= 0.3 is 0 Å². The molecule has 208 valence electrons. The summed E-state index contributed by atoms with van der Waals surface area (Å²) in [5, 5.41) is 2.78. The van der Waals surface area contributed by atoms with Crippen molar-refractivity contribution in [3.63, 3.8) is 0 Å². The van der Waals surface area contributed by atoms with Gasteiger partial charge in [0.15, 0.2) is 9.84 Å². The zero-order chi connectivity index (χ0) is 28.5. The summed E-state index contributed by atoms with van der Waals surface area (Å²) < 4.78 is 55.1. The molecular formula is C29H30Cl2F2N2O3S. The van der Waals surface area contributed by atoms with Crippen LogP contribution >= 0.6 is 23.2 Å². The van der Waals surface area contributed by atoms with Gasteiger partial charge in [0, 0.05) is 53.3 Å². The standard InChI is InChI=1S/C29H30Cl2F2N2O3S/c1-18(2)28(36)34-15-29(27(39(3,37)38)21-12-24(32)14-25(33)13-21)16-35(17-29)26(19-4-8-22(30)9-5-19)20-6-10-23(31)11-7-20/h4-14,18,26-27H,15-17H2,1-3H3,(H,34,36). The van der Waals surface area contributed by atoms with E-state index in [1.54, 1.807) is 38.1 Å². The summed E-state index contributed by atoms with van der Waals surface area (Å²) in [6.07, 6.45) is 1.06. The summed E-state index contributed by atoms with van der Waals surface area (Å²) >= 11 is 12.3. The van der Waals surface area contributed by atoms with Gasteiger partial charge in [-0.15, -0.1) is 0 Å². The van der Waals surface area contributed by atoms with Crippen LogP contribution in [0.4, 0.5) is 8.78 Å². The molecule has 0 aliphatic carbocycles. The number of halogens is 4. The molecule has 1 heterocycles. The van der Waals surface area contributed by atoms with Crippen molar-refractivity contribution in [3.8, 4) is 0 Å². The Morgan fingerprint density at radius 1 is 0.897 bits per heavy atom. The average molecular weight is 596 g/mol. The van der Waals surface area contributed by atoms with Gasteiger partial charge in [0.2, 0.25) is 5.91 Å². The number of rotatable bonds is 9. The molecule has 1 unspecified atom stereocenters. The van der Waals surface area contributed by atoms with Crippen molar-refractivity contribution in [2.75, 3.05) is 25.9 Å². The number of nitrogens with one attached hydrogen (secondary N) is 1. The van der Waals surface area contributed by atoms with Crippen LogP contribution in [0.5, 0.6) is 0 Å². The first-order valence-corrected chi connectivity index (χ1v) is 15.2. The second-order valence-electron chi connectivity index (χ2n) is 10.6. The van der Waals surface area contributed by atoms with E-state index in [2.05, 4.69) is 10.2 Å². The third kappa shape index (κ3) is 6.62. The highest BCUT2D eigenvalue weighted by Crippen LogP contribution is 2.50. The first kappa shape index (κ1) is 29.5. The van der Waals surface area contributed by atoms with E-state index in [-0.39, 0.29) is 43.1 Å². The van der Waals surface area contributed by atoms with Crippen LogP contribution in [-0.2, 0) is 14.6 Å². The number of carbonyl (C=O) groups excluding carboxylic acids is 1. The summed E-state index contributed by atoms with van der Waals surface area (Å²) in [6, 6.07) is 17.3. The van der Waals surface area contributed by atoms with Gasteiger partial charge in [-0.25, -0.2) is 17.2 Å². The lowest BCUT2D eigenvalue weighted by molar-refractivity contribution is -0.125. The fraction of sp³-hybridized carbons (Fsp3) is 0.345. The van der Waals surface area contributed by atoms with Crippen LogP contribution in [0, 0.1) is 23.0 Å². The van der Waals surface area contributed by atoms with Crippen molar-refractivity contribution in [2.24, 2.45) is 11.3 Å². The number of amides is 1. The molecule has 1 amide bonds. The Labute approximate surface area is 238 Å². The quantitative estimate of drug-likeness (QED) is 0.319. The lowest BCUT2D eigenvalue weighted by Gasteiger charge is -2.56. The van der Waals surface area contributed by atoms with Crippen LogP contribution < -0.4 is 5.32 Å². The molecule has 3 aromatic carbocycles. The van der Waals surface area contributed by atoms with E-state index >= 15 is 0 Å². The number of benzene rings is 3. The number of hydrogen-bond acceptors (Lipinski definition) is 4. The first-order chi connectivity index (χ1) is 18.3. The molecule has 1 atom stereocenters. The average Bonchev–Trinajstić information content (AvgIpc) is 2.81. The maximum absolute atomic E-state index is 14.3. The van der Waals surface area contributed by atoms with E-state index in [9.17, 15) is 22.0 Å². The lowest BCUT2D eigenvalue weighted by Crippen LogP contribution is -2.65. The summed E-state index contributed by atoms with van der Waals surface area (Å²) in [5.74, 6) is -2.29. The predicted molar refractivity (Wildman–Crippen MR) is 151 cm³/mol. The van der Waals surface area contributed by atoms with Gasteiger partial charge in [0.1, 0.15) is 11.6 Å². The SMILES string of the molecule is CC(C)C(=O)NCC1(C(c2cc(F)cc(F)c2)S(C)(=O)=O)CN(C(c2ccc(Cl)cc2)c2ccc(Cl)cc2)C1. The molecular weight excluding hydrogens is 565 g/mol. The molecule has 1 fully saturated rings. The fourth-order valence-electron chi connectivity index (χ4n) is 5.47. The van der Waals surface area contributed by atoms with Crippen LogP contribution in [0.3, 0.4) is 0 Å². The fourth-order valence-corrected chi connectivity index (χ4v) is 7.49. The number of sulfone groups is 1. The highest BCUT2D eigenvalue weighted by Gasteiger charge is 2.55. The number of carbonyl (C=O) groups is 1. The molecule has 39 heavy (non-hydrogen) atoms. The first-order valence-electron chi connectivity index (χ1n) is 12.5. The summed E-state index contributed by atoms with van der Waals surface area (Å²) in [5.41, 5.74) is 0.821.